The van der Waals surface area contributed by atoms with Crippen molar-refractivity contribution in [1.29, 1.82) is 0 Å². The number of carbonyl (C=O) groups is 1. The molecule has 0 radical (unpaired) electrons. The lowest BCUT2D eigenvalue weighted by molar-refractivity contribution is -0.122. The van der Waals surface area contributed by atoms with Gasteiger partial charge in [0.15, 0.2) is 0 Å². The molecular formula is C34H53N7O2. The minimum absolute atomic E-state index is 0.0960. The number of likely N-dealkylation sites (tertiary alicyclic amines) is 1. The number of anilines is 2. The van der Waals surface area contributed by atoms with E-state index in [4.69, 9.17) is 15.5 Å². The molecule has 0 spiro atoms. The smallest absolute Gasteiger partial charge is 0.237 e. The van der Waals surface area contributed by atoms with E-state index in [9.17, 15) is 4.79 Å². The SMILES string of the molecule is N[C@H](CCOCc1ccccc1)C(=O)NCCC1C(Nc2nccc(N3CCCCCC3)n2)CCCN1C1CCCCC1. The molecule has 2 aromatic rings. The van der Waals surface area contributed by atoms with E-state index in [2.05, 4.69) is 31.5 Å². The summed E-state index contributed by atoms with van der Waals surface area (Å²) in [6.07, 6.45) is 17.1. The van der Waals surface area contributed by atoms with Gasteiger partial charge in [0.05, 0.1) is 12.6 Å². The van der Waals surface area contributed by atoms with Gasteiger partial charge in [-0.05, 0) is 69.5 Å². The zero-order valence-corrected chi connectivity index (χ0v) is 26.0. The number of hydrogen-bond donors (Lipinski definition) is 3. The lowest BCUT2D eigenvalue weighted by atomic mass is 9.87. The van der Waals surface area contributed by atoms with Gasteiger partial charge in [-0.1, -0.05) is 62.4 Å². The first-order chi connectivity index (χ1) is 21.2. The van der Waals surface area contributed by atoms with Crippen LogP contribution in [0, 0.1) is 0 Å². The molecule has 1 aromatic carbocycles. The molecule has 3 fully saturated rings. The number of nitrogens with two attached hydrogens (primary N) is 1. The normalized spacial score (nSPS) is 23.0. The van der Waals surface area contributed by atoms with Gasteiger partial charge in [-0.2, -0.15) is 4.98 Å². The molecule has 5 rings (SSSR count). The molecule has 9 nitrogen and oxygen atoms in total. The van der Waals surface area contributed by atoms with Crippen LogP contribution >= 0.6 is 0 Å². The van der Waals surface area contributed by atoms with Crippen molar-refractivity contribution in [2.75, 3.05) is 43.0 Å². The number of rotatable bonds is 13. The first-order valence-corrected chi connectivity index (χ1v) is 16.9. The average molecular weight is 592 g/mol. The molecule has 4 N–H and O–H groups in total. The molecular weight excluding hydrogens is 538 g/mol. The van der Waals surface area contributed by atoms with Crippen LogP contribution in [0.4, 0.5) is 11.8 Å². The maximum atomic E-state index is 12.9. The maximum Gasteiger partial charge on any atom is 0.237 e. The molecule has 1 aromatic heterocycles. The zero-order chi connectivity index (χ0) is 29.7. The molecule has 43 heavy (non-hydrogen) atoms. The second-order valence-electron chi connectivity index (χ2n) is 12.6. The van der Waals surface area contributed by atoms with Crippen LogP contribution in [0.25, 0.3) is 0 Å². The number of piperidine rings is 1. The Kier molecular flexibility index (Phi) is 12.5. The van der Waals surface area contributed by atoms with Gasteiger partial charge in [0.2, 0.25) is 11.9 Å². The number of amides is 1. The van der Waals surface area contributed by atoms with E-state index < -0.39 is 6.04 Å². The van der Waals surface area contributed by atoms with Crippen molar-refractivity contribution in [3.63, 3.8) is 0 Å². The Morgan fingerprint density at radius 1 is 0.953 bits per heavy atom. The predicted octanol–water partition coefficient (Wildman–Crippen LogP) is 4.88. The van der Waals surface area contributed by atoms with Crippen molar-refractivity contribution in [2.24, 2.45) is 5.73 Å². The number of nitrogens with zero attached hydrogens (tertiary/aromatic N) is 4. The minimum Gasteiger partial charge on any atom is -0.377 e. The van der Waals surface area contributed by atoms with Crippen molar-refractivity contribution in [1.82, 2.24) is 20.2 Å². The third-order valence-corrected chi connectivity index (χ3v) is 9.51. The Morgan fingerprint density at radius 2 is 1.72 bits per heavy atom. The second-order valence-corrected chi connectivity index (χ2v) is 12.6. The van der Waals surface area contributed by atoms with Gasteiger partial charge in [0, 0.05) is 50.6 Å². The number of nitrogens with one attached hydrogen (secondary N) is 2. The molecule has 3 heterocycles. The van der Waals surface area contributed by atoms with Crippen LogP contribution in [0.2, 0.25) is 0 Å². The van der Waals surface area contributed by atoms with Crippen molar-refractivity contribution in [3.8, 4) is 0 Å². The van der Waals surface area contributed by atoms with E-state index in [1.807, 2.05) is 36.5 Å². The number of hydrogen-bond acceptors (Lipinski definition) is 8. The van der Waals surface area contributed by atoms with Gasteiger partial charge in [0.25, 0.3) is 0 Å². The summed E-state index contributed by atoms with van der Waals surface area (Å²) >= 11 is 0. The first kappa shape index (κ1) is 31.7. The Balaban J connectivity index is 1.16. The third-order valence-electron chi connectivity index (χ3n) is 9.51. The topological polar surface area (TPSA) is 109 Å². The standard InChI is InChI=1S/C34H53N7O2/c35-29(19-25-43-26-27-12-5-3-6-13-27)33(42)36-20-17-31-30(16-11-24-41(31)28-14-7-4-8-15-28)38-34-37-21-18-32(39-34)40-22-9-1-2-10-23-40/h3,5-6,12-13,18,21,28-31H,1-2,4,7-11,14-17,19-20,22-26,35H2,(H,36,42)(H,37,38,39)/t29-,30?,31?/m1/s1. The maximum absolute atomic E-state index is 12.9. The van der Waals surface area contributed by atoms with Crippen LogP contribution in [0.1, 0.15) is 89.0 Å². The van der Waals surface area contributed by atoms with E-state index in [1.165, 1.54) is 57.8 Å². The molecule has 0 bridgehead atoms. The second kappa shape index (κ2) is 16.9. The van der Waals surface area contributed by atoms with Gasteiger partial charge < -0.3 is 26.0 Å². The molecule has 9 heteroatoms. The summed E-state index contributed by atoms with van der Waals surface area (Å²) in [7, 11) is 0. The van der Waals surface area contributed by atoms with Crippen LogP contribution in [-0.2, 0) is 16.1 Å². The van der Waals surface area contributed by atoms with Crippen LogP contribution < -0.4 is 21.3 Å². The first-order valence-electron chi connectivity index (χ1n) is 16.9. The number of aromatic nitrogens is 2. The van der Waals surface area contributed by atoms with Crippen molar-refractivity contribution >= 4 is 17.7 Å². The zero-order valence-electron chi connectivity index (χ0n) is 26.0. The fourth-order valence-electron chi connectivity index (χ4n) is 7.12. The minimum atomic E-state index is -0.569. The average Bonchev–Trinajstić information content (AvgIpc) is 3.34. The molecule has 2 saturated heterocycles. The fraction of sp³-hybridized carbons (Fsp3) is 0.676. The molecule has 3 atom stereocenters. The van der Waals surface area contributed by atoms with Crippen molar-refractivity contribution < 1.29 is 9.53 Å². The Labute approximate surface area is 258 Å². The van der Waals surface area contributed by atoms with E-state index in [1.54, 1.807) is 0 Å². The van der Waals surface area contributed by atoms with E-state index in [0.29, 0.717) is 38.3 Å². The Hall–Kier alpha value is -2.75. The summed E-state index contributed by atoms with van der Waals surface area (Å²) < 4.78 is 5.76. The molecule has 2 aliphatic heterocycles. The number of carbonyl (C=O) groups excluding carboxylic acids is 1. The monoisotopic (exact) mass is 591 g/mol. The highest BCUT2D eigenvalue weighted by molar-refractivity contribution is 5.81. The fourth-order valence-corrected chi connectivity index (χ4v) is 7.12. The lowest BCUT2D eigenvalue weighted by Gasteiger charge is -2.47. The molecule has 1 aliphatic carbocycles. The highest BCUT2D eigenvalue weighted by Gasteiger charge is 2.36. The number of ether oxygens (including phenoxy) is 1. The lowest BCUT2D eigenvalue weighted by Crippen LogP contribution is -2.56. The molecule has 3 aliphatic rings. The van der Waals surface area contributed by atoms with Crippen LogP contribution in [0.15, 0.2) is 42.6 Å². The molecule has 1 saturated carbocycles. The van der Waals surface area contributed by atoms with Crippen LogP contribution in [0.5, 0.6) is 0 Å². The van der Waals surface area contributed by atoms with Gasteiger partial charge >= 0.3 is 0 Å². The highest BCUT2D eigenvalue weighted by Crippen LogP contribution is 2.31. The summed E-state index contributed by atoms with van der Waals surface area (Å²) in [4.78, 5) is 27.6. The van der Waals surface area contributed by atoms with Gasteiger partial charge in [0.1, 0.15) is 5.82 Å². The molecule has 1 amide bonds. The van der Waals surface area contributed by atoms with E-state index in [-0.39, 0.29) is 11.9 Å². The van der Waals surface area contributed by atoms with Crippen LogP contribution in [0.3, 0.4) is 0 Å². The Bertz CT molecular complexity index is 1090. The van der Waals surface area contributed by atoms with Gasteiger partial charge in [-0.15, -0.1) is 0 Å². The summed E-state index contributed by atoms with van der Waals surface area (Å²) in [5, 5.41) is 6.90. The molecule has 2 unspecified atom stereocenters. The summed E-state index contributed by atoms with van der Waals surface area (Å²) in [6, 6.07) is 12.7. The van der Waals surface area contributed by atoms with Gasteiger partial charge in [-0.25, -0.2) is 4.98 Å². The highest BCUT2D eigenvalue weighted by atomic mass is 16.5. The quantitative estimate of drug-likeness (QED) is 0.283. The predicted molar refractivity (Wildman–Crippen MR) is 173 cm³/mol. The van der Waals surface area contributed by atoms with Crippen LogP contribution in [-0.4, -0.2) is 77.7 Å². The summed E-state index contributed by atoms with van der Waals surface area (Å²) in [5.41, 5.74) is 7.36. The van der Waals surface area contributed by atoms with Crippen molar-refractivity contribution in [2.45, 2.75) is 114 Å². The van der Waals surface area contributed by atoms with E-state index in [0.717, 1.165) is 56.2 Å². The summed E-state index contributed by atoms with van der Waals surface area (Å²) in [5.74, 6) is 1.66. The third kappa shape index (κ3) is 9.62. The largest absolute Gasteiger partial charge is 0.377 e. The van der Waals surface area contributed by atoms with Crippen molar-refractivity contribution in [3.05, 3.63) is 48.2 Å². The Morgan fingerprint density at radius 3 is 2.51 bits per heavy atom. The van der Waals surface area contributed by atoms with E-state index >= 15 is 0 Å². The summed E-state index contributed by atoms with van der Waals surface area (Å²) in [6.45, 7) is 4.86. The van der Waals surface area contributed by atoms with Gasteiger partial charge in [-0.3, -0.25) is 9.69 Å². The number of benzene rings is 1. The molecule has 236 valence electrons.